The summed E-state index contributed by atoms with van der Waals surface area (Å²) >= 11 is 5.71. The summed E-state index contributed by atoms with van der Waals surface area (Å²) in [5.74, 6) is 0. The van der Waals surface area contributed by atoms with Crippen LogP contribution in [0, 0.1) is 20.0 Å². The van der Waals surface area contributed by atoms with Gasteiger partial charge in [-0.1, -0.05) is 23.7 Å². The fraction of sp³-hybridized carbons (Fsp3) is 0.0833. The predicted molar refractivity (Wildman–Crippen MR) is 76.3 cm³/mol. The summed E-state index contributed by atoms with van der Waals surface area (Å²) in [6.45, 7) is 0. The molecule has 0 atom stereocenters. The van der Waals surface area contributed by atoms with Crippen LogP contribution in [0.3, 0.4) is 0 Å². The van der Waals surface area contributed by atoms with Crippen molar-refractivity contribution in [2.75, 3.05) is 0 Å². The standard InChI is InChI=1S/C12H8ClN2O5S/c13-10-4-3-8(7-11(10)15(17)18)6-9-2-1-5-14(16)12(9)21(19)20/h1-5,7H,6H2/q-1. The molecule has 1 aromatic heterocycles. The van der Waals surface area contributed by atoms with Crippen LogP contribution >= 0.6 is 11.6 Å². The summed E-state index contributed by atoms with van der Waals surface area (Å²) in [6.07, 6.45) is 1.13. The van der Waals surface area contributed by atoms with E-state index in [1.54, 1.807) is 0 Å². The van der Waals surface area contributed by atoms with Crippen molar-refractivity contribution in [3.63, 3.8) is 0 Å². The molecule has 0 fully saturated rings. The van der Waals surface area contributed by atoms with Gasteiger partial charge in [-0.05, 0) is 29.5 Å². The summed E-state index contributed by atoms with van der Waals surface area (Å²) in [5, 5.41) is 22.3. The minimum Gasteiger partial charge on any atom is -0.805 e. The molecule has 110 valence electrons. The number of nitrogens with zero attached hydrogens (tertiary/aromatic N) is 2. The highest BCUT2D eigenvalue weighted by molar-refractivity contribution is 7.63. The van der Waals surface area contributed by atoms with E-state index in [1.807, 2.05) is 0 Å². The van der Waals surface area contributed by atoms with Gasteiger partial charge in [0, 0.05) is 12.5 Å². The second-order valence-corrected chi connectivity index (χ2v) is 5.38. The average molecular weight is 328 g/mol. The number of benzene rings is 1. The third kappa shape index (κ3) is 3.23. The number of aromatic nitrogens is 1. The highest BCUT2D eigenvalue weighted by Gasteiger charge is 2.13. The van der Waals surface area contributed by atoms with Crippen LogP contribution in [0.2, 0.25) is 5.02 Å². The van der Waals surface area contributed by atoms with Gasteiger partial charge in [0.25, 0.3) is 5.69 Å². The number of halogens is 1. The maximum Gasteiger partial charge on any atom is 0.288 e. The van der Waals surface area contributed by atoms with E-state index in [-0.39, 0.29) is 27.4 Å². The van der Waals surface area contributed by atoms with Crippen LogP contribution in [0.5, 0.6) is 0 Å². The Bertz CT molecular complexity index is 881. The van der Waals surface area contributed by atoms with E-state index in [0.717, 1.165) is 6.20 Å². The third-order valence-corrected chi connectivity index (χ3v) is 3.83. The predicted octanol–water partition coefficient (Wildman–Crippen LogP) is 2.40. The molecule has 2 aromatic rings. The first-order valence-corrected chi connectivity index (χ1v) is 7.08. The summed E-state index contributed by atoms with van der Waals surface area (Å²) in [5.41, 5.74) is 0.450. The molecule has 0 amide bonds. The molecule has 7 nitrogen and oxygen atoms in total. The topological polar surface area (TPSA) is 105 Å². The third-order valence-electron chi connectivity index (χ3n) is 2.75. The summed E-state index contributed by atoms with van der Waals surface area (Å²) in [6, 6.07) is 7.02. The molecule has 0 N–H and O–H groups in total. The largest absolute Gasteiger partial charge is 0.805 e. The highest BCUT2D eigenvalue weighted by Crippen LogP contribution is 2.26. The molecule has 0 radical (unpaired) electrons. The molecule has 0 aliphatic heterocycles. The fourth-order valence-electron chi connectivity index (χ4n) is 1.86. The number of nitro benzene ring substituents is 1. The van der Waals surface area contributed by atoms with Gasteiger partial charge in [0.1, 0.15) is 5.02 Å². The molecular weight excluding hydrogens is 320 g/mol. The first-order valence-electron chi connectivity index (χ1n) is 5.63. The number of rotatable bonds is 3. The Morgan fingerprint density at radius 3 is 2.62 bits per heavy atom. The van der Waals surface area contributed by atoms with Gasteiger partial charge in [-0.15, -0.1) is 0 Å². The lowest BCUT2D eigenvalue weighted by molar-refractivity contribution is -0.384. The van der Waals surface area contributed by atoms with Gasteiger partial charge in [0.15, 0.2) is 4.64 Å². The van der Waals surface area contributed by atoms with Crippen molar-refractivity contribution in [3.8, 4) is 0 Å². The lowest BCUT2D eigenvalue weighted by atomic mass is 10.1. The smallest absolute Gasteiger partial charge is 0.288 e. The first kappa shape index (κ1) is 15.1. The van der Waals surface area contributed by atoms with Crippen molar-refractivity contribution >= 4 is 27.6 Å². The summed E-state index contributed by atoms with van der Waals surface area (Å²) in [7, 11) is -2.70. The molecule has 0 aliphatic rings. The molecule has 0 saturated heterocycles. The first-order chi connectivity index (χ1) is 9.90. The molecule has 0 spiro atoms. The molecule has 9 heteroatoms. The van der Waals surface area contributed by atoms with E-state index in [9.17, 15) is 23.7 Å². The van der Waals surface area contributed by atoms with Crippen molar-refractivity contribution < 1.29 is 13.3 Å². The van der Waals surface area contributed by atoms with E-state index in [2.05, 4.69) is 0 Å². The Morgan fingerprint density at radius 2 is 2.00 bits per heavy atom. The van der Waals surface area contributed by atoms with Crippen molar-refractivity contribution in [1.29, 1.82) is 0 Å². The Balaban J connectivity index is 2.55. The van der Waals surface area contributed by atoms with Crippen LogP contribution in [0.15, 0.2) is 36.5 Å². The number of pyridine rings is 1. The van der Waals surface area contributed by atoms with Gasteiger partial charge in [-0.25, -0.2) is 0 Å². The molecular formula is C12H8ClN2O5S-. The summed E-state index contributed by atoms with van der Waals surface area (Å²) in [4.78, 5) is 10.2. The van der Waals surface area contributed by atoms with Crippen LogP contribution in [-0.4, -0.2) is 18.1 Å². The van der Waals surface area contributed by atoms with E-state index >= 15 is 0 Å². The lowest BCUT2D eigenvalue weighted by Crippen LogP contribution is -2.00. The zero-order valence-electron chi connectivity index (χ0n) is 10.4. The fourth-order valence-corrected chi connectivity index (χ4v) is 2.61. The van der Waals surface area contributed by atoms with Crippen LogP contribution in [-0.2, 0) is 16.7 Å². The van der Waals surface area contributed by atoms with Crippen LogP contribution < -0.4 is 0 Å². The molecule has 0 bridgehead atoms. The number of hydrogen-bond donors (Lipinski definition) is 0. The van der Waals surface area contributed by atoms with Gasteiger partial charge in [0.05, 0.1) is 4.92 Å². The van der Waals surface area contributed by atoms with Gasteiger partial charge in [0.2, 0.25) is 10.3 Å². The van der Waals surface area contributed by atoms with Crippen LogP contribution in [0.1, 0.15) is 11.1 Å². The SMILES string of the molecule is O=[N+]([O-])c1cc(Cc2cccn([O-])c2=S(=O)=O)ccc1Cl. The minimum absolute atomic E-state index is 0.0108. The monoisotopic (exact) mass is 327 g/mol. The second-order valence-electron chi connectivity index (χ2n) is 4.12. The van der Waals surface area contributed by atoms with E-state index in [1.165, 1.54) is 30.3 Å². The van der Waals surface area contributed by atoms with Crippen molar-refractivity contribution in [2.45, 2.75) is 6.42 Å². The summed E-state index contributed by atoms with van der Waals surface area (Å²) < 4.78 is 22.1. The molecule has 0 unspecified atom stereocenters. The van der Waals surface area contributed by atoms with E-state index in [4.69, 9.17) is 11.6 Å². The van der Waals surface area contributed by atoms with Crippen molar-refractivity contribution in [2.24, 2.45) is 0 Å². The highest BCUT2D eigenvalue weighted by atomic mass is 35.5. The quantitative estimate of drug-likeness (QED) is 0.489. The number of hydrogen-bond acceptors (Lipinski definition) is 5. The molecule has 1 heterocycles. The van der Waals surface area contributed by atoms with E-state index in [0.29, 0.717) is 5.56 Å². The van der Waals surface area contributed by atoms with E-state index < -0.39 is 19.9 Å². The molecule has 1 aromatic carbocycles. The molecule has 21 heavy (non-hydrogen) atoms. The minimum atomic E-state index is -2.70. The van der Waals surface area contributed by atoms with Gasteiger partial charge in [-0.3, -0.25) is 10.1 Å². The average Bonchev–Trinajstić information content (AvgIpc) is 2.40. The normalized spacial score (nSPS) is 10.3. The van der Waals surface area contributed by atoms with Gasteiger partial charge in [-0.2, -0.15) is 8.42 Å². The molecule has 0 aliphatic carbocycles. The van der Waals surface area contributed by atoms with Crippen LogP contribution in [0.25, 0.3) is 0 Å². The maximum atomic E-state index is 11.5. The Kier molecular flexibility index (Phi) is 4.29. The lowest BCUT2D eigenvalue weighted by Gasteiger charge is -2.12. The zero-order valence-corrected chi connectivity index (χ0v) is 12.0. The second kappa shape index (κ2) is 5.98. The van der Waals surface area contributed by atoms with Crippen LogP contribution in [0.4, 0.5) is 5.69 Å². The zero-order chi connectivity index (χ0) is 15.6. The van der Waals surface area contributed by atoms with Crippen molar-refractivity contribution in [1.82, 2.24) is 4.73 Å². The molecule has 0 saturated carbocycles. The Labute approximate surface area is 125 Å². The number of nitro groups is 1. The van der Waals surface area contributed by atoms with Gasteiger partial charge >= 0.3 is 0 Å². The molecule has 2 rings (SSSR count). The Hall–Kier alpha value is -2.32. The maximum absolute atomic E-state index is 11.5. The van der Waals surface area contributed by atoms with Gasteiger partial charge < -0.3 is 9.94 Å². The Morgan fingerprint density at radius 1 is 1.29 bits per heavy atom. The van der Waals surface area contributed by atoms with Crippen molar-refractivity contribution in [3.05, 3.63) is 72.6 Å².